The Labute approximate surface area is 83.5 Å². The van der Waals surface area contributed by atoms with Crippen LogP contribution in [0.2, 0.25) is 0 Å². The van der Waals surface area contributed by atoms with Gasteiger partial charge in [0.05, 0.1) is 6.54 Å². The Morgan fingerprint density at radius 2 is 2.07 bits per heavy atom. The molecule has 0 aromatic carbocycles. The van der Waals surface area contributed by atoms with Gasteiger partial charge in [0.2, 0.25) is 10.0 Å². The van der Waals surface area contributed by atoms with Crippen molar-refractivity contribution in [2.45, 2.75) is 18.4 Å². The van der Waals surface area contributed by atoms with Gasteiger partial charge in [-0.1, -0.05) is 0 Å². The number of rotatable bonds is 3. The van der Waals surface area contributed by atoms with Crippen LogP contribution in [0, 0.1) is 6.92 Å². The van der Waals surface area contributed by atoms with Crippen molar-refractivity contribution in [3.8, 4) is 0 Å². The molecule has 80 valence electrons. The van der Waals surface area contributed by atoms with Gasteiger partial charge in [-0.2, -0.15) is 0 Å². The van der Waals surface area contributed by atoms with E-state index in [-0.39, 0.29) is 11.4 Å². The van der Waals surface area contributed by atoms with Crippen molar-refractivity contribution in [1.82, 2.24) is 4.31 Å². The molecule has 14 heavy (non-hydrogen) atoms. The van der Waals surface area contributed by atoms with E-state index in [1.807, 2.05) is 0 Å². The van der Waals surface area contributed by atoms with Crippen LogP contribution in [-0.2, 0) is 16.6 Å². The maximum Gasteiger partial charge on any atom is 0.246 e. The fourth-order valence-corrected chi connectivity index (χ4v) is 2.16. The SMILES string of the molecule is Cc1oc(CN)cc1S(=O)(=O)N(C)C. The Bertz CT molecular complexity index is 420. The van der Waals surface area contributed by atoms with Gasteiger partial charge in [0.15, 0.2) is 0 Å². The van der Waals surface area contributed by atoms with E-state index in [2.05, 4.69) is 0 Å². The monoisotopic (exact) mass is 218 g/mol. The first-order valence-electron chi connectivity index (χ1n) is 4.11. The first-order valence-corrected chi connectivity index (χ1v) is 5.55. The predicted molar refractivity (Wildman–Crippen MR) is 52.2 cm³/mol. The fraction of sp³-hybridized carbons (Fsp3) is 0.500. The summed E-state index contributed by atoms with van der Waals surface area (Å²) in [6.07, 6.45) is 0. The van der Waals surface area contributed by atoms with Gasteiger partial charge < -0.3 is 10.2 Å². The van der Waals surface area contributed by atoms with Crippen molar-refractivity contribution in [2.24, 2.45) is 5.73 Å². The second-order valence-corrected chi connectivity index (χ2v) is 5.24. The molecule has 2 N–H and O–H groups in total. The molecule has 0 atom stereocenters. The molecule has 0 bridgehead atoms. The second kappa shape index (κ2) is 3.72. The smallest absolute Gasteiger partial charge is 0.246 e. The number of hydrogen-bond acceptors (Lipinski definition) is 4. The summed E-state index contributed by atoms with van der Waals surface area (Å²) in [6, 6.07) is 1.46. The zero-order chi connectivity index (χ0) is 10.9. The van der Waals surface area contributed by atoms with E-state index >= 15 is 0 Å². The molecule has 0 saturated heterocycles. The Morgan fingerprint density at radius 1 is 1.50 bits per heavy atom. The number of aryl methyl sites for hydroxylation is 1. The van der Waals surface area contributed by atoms with E-state index in [1.165, 1.54) is 20.2 Å². The van der Waals surface area contributed by atoms with Crippen molar-refractivity contribution in [2.75, 3.05) is 14.1 Å². The van der Waals surface area contributed by atoms with Crippen molar-refractivity contribution >= 4 is 10.0 Å². The fourth-order valence-electron chi connectivity index (χ4n) is 1.08. The molecular formula is C8H14N2O3S. The lowest BCUT2D eigenvalue weighted by molar-refractivity contribution is 0.474. The molecule has 0 aliphatic rings. The summed E-state index contributed by atoms with van der Waals surface area (Å²) in [7, 11) is -0.461. The van der Waals surface area contributed by atoms with Gasteiger partial charge in [-0.05, 0) is 6.92 Å². The summed E-state index contributed by atoms with van der Waals surface area (Å²) >= 11 is 0. The average molecular weight is 218 g/mol. The average Bonchev–Trinajstić information content (AvgIpc) is 2.47. The number of nitrogens with two attached hydrogens (primary N) is 1. The molecule has 6 heteroatoms. The van der Waals surface area contributed by atoms with Crippen LogP contribution in [0.25, 0.3) is 0 Å². The molecule has 5 nitrogen and oxygen atoms in total. The van der Waals surface area contributed by atoms with Crippen LogP contribution in [0.3, 0.4) is 0 Å². The Hall–Kier alpha value is -0.850. The third-order valence-electron chi connectivity index (χ3n) is 1.88. The maximum atomic E-state index is 11.7. The summed E-state index contributed by atoms with van der Waals surface area (Å²) < 4.78 is 29.7. The summed E-state index contributed by atoms with van der Waals surface area (Å²) in [6.45, 7) is 1.80. The molecule has 0 aliphatic heterocycles. The molecule has 1 heterocycles. The normalized spacial score (nSPS) is 12.4. The summed E-state index contributed by atoms with van der Waals surface area (Å²) in [4.78, 5) is 0.183. The molecule has 1 aromatic rings. The van der Waals surface area contributed by atoms with Crippen molar-refractivity contribution in [3.05, 3.63) is 17.6 Å². The van der Waals surface area contributed by atoms with Gasteiger partial charge in [0.25, 0.3) is 0 Å². The van der Waals surface area contributed by atoms with E-state index in [9.17, 15) is 8.42 Å². The number of nitrogens with zero attached hydrogens (tertiary/aromatic N) is 1. The Morgan fingerprint density at radius 3 is 2.43 bits per heavy atom. The van der Waals surface area contributed by atoms with Gasteiger partial charge in [0, 0.05) is 20.2 Å². The third kappa shape index (κ3) is 1.82. The molecule has 0 spiro atoms. The lowest BCUT2D eigenvalue weighted by atomic mass is 10.4. The minimum absolute atomic E-state index is 0.183. The van der Waals surface area contributed by atoms with E-state index in [0.29, 0.717) is 11.5 Å². The van der Waals surface area contributed by atoms with Crippen LogP contribution in [-0.4, -0.2) is 26.8 Å². The van der Waals surface area contributed by atoms with E-state index in [1.54, 1.807) is 6.92 Å². The van der Waals surface area contributed by atoms with Crippen molar-refractivity contribution in [1.29, 1.82) is 0 Å². The lowest BCUT2D eigenvalue weighted by Gasteiger charge is -2.09. The van der Waals surface area contributed by atoms with Crippen LogP contribution >= 0.6 is 0 Å². The minimum atomic E-state index is -3.41. The van der Waals surface area contributed by atoms with Gasteiger partial charge in [-0.3, -0.25) is 0 Å². The maximum absolute atomic E-state index is 11.7. The van der Waals surface area contributed by atoms with Crippen LogP contribution < -0.4 is 5.73 Å². The first kappa shape index (κ1) is 11.2. The standard InChI is InChI=1S/C8H14N2O3S/c1-6-8(4-7(5-9)13-6)14(11,12)10(2)3/h4H,5,9H2,1-3H3. The van der Waals surface area contributed by atoms with E-state index in [0.717, 1.165) is 4.31 Å². The van der Waals surface area contributed by atoms with Crippen LogP contribution in [0.4, 0.5) is 0 Å². The largest absolute Gasteiger partial charge is 0.464 e. The second-order valence-electron chi connectivity index (χ2n) is 3.12. The molecule has 0 radical (unpaired) electrons. The minimum Gasteiger partial charge on any atom is -0.464 e. The molecule has 0 amide bonds. The number of sulfonamides is 1. The molecular weight excluding hydrogens is 204 g/mol. The third-order valence-corrected chi connectivity index (χ3v) is 3.81. The molecule has 1 aromatic heterocycles. The van der Waals surface area contributed by atoms with Gasteiger partial charge in [-0.25, -0.2) is 12.7 Å². The van der Waals surface area contributed by atoms with Gasteiger partial charge in [-0.15, -0.1) is 0 Å². The van der Waals surface area contributed by atoms with Gasteiger partial charge in [0.1, 0.15) is 16.4 Å². The molecule has 0 fully saturated rings. The highest BCUT2D eigenvalue weighted by Gasteiger charge is 2.23. The Balaban J connectivity index is 3.26. The molecule has 0 aliphatic carbocycles. The van der Waals surface area contributed by atoms with Crippen LogP contribution in [0.5, 0.6) is 0 Å². The first-order chi connectivity index (χ1) is 6.39. The van der Waals surface area contributed by atoms with Crippen LogP contribution in [0.15, 0.2) is 15.4 Å². The highest BCUT2D eigenvalue weighted by atomic mass is 32.2. The highest BCUT2D eigenvalue weighted by Crippen LogP contribution is 2.21. The number of furan rings is 1. The summed E-state index contributed by atoms with van der Waals surface area (Å²) in [5.41, 5.74) is 5.35. The number of hydrogen-bond donors (Lipinski definition) is 1. The molecule has 1 rings (SSSR count). The van der Waals surface area contributed by atoms with Crippen molar-refractivity contribution in [3.63, 3.8) is 0 Å². The zero-order valence-electron chi connectivity index (χ0n) is 8.44. The summed E-state index contributed by atoms with van der Waals surface area (Å²) in [5, 5.41) is 0. The van der Waals surface area contributed by atoms with Gasteiger partial charge >= 0.3 is 0 Å². The zero-order valence-corrected chi connectivity index (χ0v) is 9.26. The predicted octanol–water partition coefficient (Wildman–Crippen LogP) is 0.297. The quantitative estimate of drug-likeness (QED) is 0.791. The lowest BCUT2D eigenvalue weighted by Crippen LogP contribution is -2.22. The molecule has 0 unspecified atom stereocenters. The van der Waals surface area contributed by atoms with E-state index in [4.69, 9.17) is 10.2 Å². The van der Waals surface area contributed by atoms with Crippen molar-refractivity contribution < 1.29 is 12.8 Å². The Kier molecular flexibility index (Phi) is 2.98. The topological polar surface area (TPSA) is 76.5 Å². The van der Waals surface area contributed by atoms with E-state index < -0.39 is 10.0 Å². The van der Waals surface area contributed by atoms with Crippen LogP contribution in [0.1, 0.15) is 11.5 Å². The molecule has 0 saturated carbocycles. The highest BCUT2D eigenvalue weighted by molar-refractivity contribution is 7.89. The summed E-state index contributed by atoms with van der Waals surface area (Å²) in [5.74, 6) is 0.849.